The summed E-state index contributed by atoms with van der Waals surface area (Å²) in [7, 11) is 1.59. The van der Waals surface area contributed by atoms with Crippen molar-refractivity contribution in [3.63, 3.8) is 0 Å². The highest BCUT2D eigenvalue weighted by Crippen LogP contribution is 2.22. The Labute approximate surface area is 115 Å². The highest BCUT2D eigenvalue weighted by Gasteiger charge is 2.15. The third-order valence-corrected chi connectivity index (χ3v) is 3.23. The Morgan fingerprint density at radius 2 is 2.00 bits per heavy atom. The number of ether oxygens (including phenoxy) is 1. The largest absolute Gasteiger partial charge is 0.495 e. The van der Waals surface area contributed by atoms with Crippen LogP contribution in [-0.2, 0) is 4.79 Å². The minimum absolute atomic E-state index is 0.0589. The molecular weight excluding hydrogens is 240 g/mol. The van der Waals surface area contributed by atoms with Gasteiger partial charge in [0.15, 0.2) is 0 Å². The highest BCUT2D eigenvalue weighted by atomic mass is 16.5. The monoisotopic (exact) mass is 264 g/mol. The molecule has 0 saturated heterocycles. The smallest absolute Gasteiger partial charge is 0.238 e. The lowest BCUT2D eigenvalue weighted by molar-refractivity contribution is -0.115. The van der Waals surface area contributed by atoms with Gasteiger partial charge in [-0.3, -0.25) is 4.79 Å². The number of hydrogen-bond donors (Lipinski definition) is 2. The van der Waals surface area contributed by atoms with Gasteiger partial charge in [-0.05, 0) is 24.0 Å². The Morgan fingerprint density at radius 3 is 2.63 bits per heavy atom. The second kappa shape index (κ2) is 7.14. The maximum Gasteiger partial charge on any atom is 0.238 e. The number of carbonyl (C=O) groups is 1. The van der Waals surface area contributed by atoms with Gasteiger partial charge in [0.25, 0.3) is 0 Å². The second-order valence-electron chi connectivity index (χ2n) is 5.37. The maximum absolute atomic E-state index is 11.8. The summed E-state index contributed by atoms with van der Waals surface area (Å²) in [5.74, 6) is 0.612. The van der Waals surface area contributed by atoms with Crippen LogP contribution in [0, 0.1) is 5.41 Å². The Balaban J connectivity index is 2.43. The fourth-order valence-electron chi connectivity index (χ4n) is 1.58. The van der Waals surface area contributed by atoms with E-state index in [4.69, 9.17) is 4.74 Å². The summed E-state index contributed by atoms with van der Waals surface area (Å²) in [4.78, 5) is 11.8. The summed E-state index contributed by atoms with van der Waals surface area (Å²) in [6.45, 7) is 7.64. The van der Waals surface area contributed by atoms with Crippen molar-refractivity contribution >= 4 is 11.6 Å². The van der Waals surface area contributed by atoms with Gasteiger partial charge in [-0.25, -0.2) is 0 Å². The quantitative estimate of drug-likeness (QED) is 0.796. The molecule has 4 nitrogen and oxygen atoms in total. The number of hydrogen-bond acceptors (Lipinski definition) is 3. The Bertz CT molecular complexity index is 416. The van der Waals surface area contributed by atoms with E-state index in [1.807, 2.05) is 24.3 Å². The lowest BCUT2D eigenvalue weighted by atomic mass is 9.90. The van der Waals surface area contributed by atoms with Gasteiger partial charge < -0.3 is 15.4 Å². The van der Waals surface area contributed by atoms with Crippen molar-refractivity contribution in [1.82, 2.24) is 5.32 Å². The molecule has 0 aliphatic heterocycles. The van der Waals surface area contributed by atoms with Crippen molar-refractivity contribution in [3.8, 4) is 5.75 Å². The van der Waals surface area contributed by atoms with E-state index < -0.39 is 0 Å². The molecule has 2 N–H and O–H groups in total. The summed E-state index contributed by atoms with van der Waals surface area (Å²) in [6.07, 6.45) is 1.08. The van der Waals surface area contributed by atoms with E-state index in [0.717, 1.165) is 13.0 Å². The van der Waals surface area contributed by atoms with Gasteiger partial charge >= 0.3 is 0 Å². The van der Waals surface area contributed by atoms with Gasteiger partial charge in [-0.2, -0.15) is 0 Å². The summed E-state index contributed by atoms with van der Waals surface area (Å²) in [5.41, 5.74) is 0.914. The van der Waals surface area contributed by atoms with E-state index in [2.05, 4.69) is 31.4 Å². The van der Waals surface area contributed by atoms with Crippen molar-refractivity contribution in [1.29, 1.82) is 0 Å². The van der Waals surface area contributed by atoms with Gasteiger partial charge in [0.05, 0.1) is 19.3 Å². The van der Waals surface area contributed by atoms with Crippen LogP contribution in [0.3, 0.4) is 0 Å². The number of benzene rings is 1. The van der Waals surface area contributed by atoms with Crippen LogP contribution in [0.2, 0.25) is 0 Å². The zero-order chi connectivity index (χ0) is 14.3. The second-order valence-corrected chi connectivity index (χ2v) is 5.37. The molecule has 0 fully saturated rings. The van der Waals surface area contributed by atoms with E-state index in [1.165, 1.54) is 0 Å². The van der Waals surface area contributed by atoms with Crippen LogP contribution < -0.4 is 15.4 Å². The molecule has 0 aliphatic rings. The zero-order valence-electron chi connectivity index (χ0n) is 12.2. The molecule has 0 spiro atoms. The van der Waals surface area contributed by atoms with Crippen LogP contribution in [0.5, 0.6) is 5.75 Å². The lowest BCUT2D eigenvalue weighted by Gasteiger charge is -2.22. The molecule has 0 aliphatic carbocycles. The number of anilines is 1. The van der Waals surface area contributed by atoms with Crippen molar-refractivity contribution in [2.75, 3.05) is 25.5 Å². The molecule has 0 bridgehead atoms. The first-order valence-corrected chi connectivity index (χ1v) is 6.62. The third kappa shape index (κ3) is 5.30. The molecule has 0 aromatic heterocycles. The maximum atomic E-state index is 11.8. The first-order chi connectivity index (χ1) is 8.98. The lowest BCUT2D eigenvalue weighted by Crippen LogP contribution is -2.35. The fraction of sp³-hybridized carbons (Fsp3) is 0.533. The Hall–Kier alpha value is -1.55. The van der Waals surface area contributed by atoms with Crippen molar-refractivity contribution in [2.45, 2.75) is 27.2 Å². The molecule has 19 heavy (non-hydrogen) atoms. The number of para-hydroxylation sites is 2. The molecule has 0 atom stereocenters. The number of carbonyl (C=O) groups excluding carboxylic acids is 1. The molecule has 1 rings (SSSR count). The number of nitrogens with one attached hydrogen (secondary N) is 2. The van der Waals surface area contributed by atoms with Crippen molar-refractivity contribution < 1.29 is 9.53 Å². The number of rotatable bonds is 7. The molecule has 0 unspecified atom stereocenters. The molecule has 0 radical (unpaired) electrons. The van der Waals surface area contributed by atoms with Crippen LogP contribution in [0.4, 0.5) is 5.69 Å². The van der Waals surface area contributed by atoms with Crippen LogP contribution in [-0.4, -0.2) is 26.1 Å². The van der Waals surface area contributed by atoms with Gasteiger partial charge in [0, 0.05) is 6.54 Å². The highest BCUT2D eigenvalue weighted by molar-refractivity contribution is 5.93. The van der Waals surface area contributed by atoms with E-state index in [0.29, 0.717) is 18.0 Å². The summed E-state index contributed by atoms with van der Waals surface area (Å²) < 4.78 is 5.19. The summed E-state index contributed by atoms with van der Waals surface area (Å²) in [5, 5.41) is 6.02. The SMILES string of the molecule is CCC(C)(C)CNCC(=O)Nc1ccccc1OC. The molecule has 4 heteroatoms. The molecule has 0 saturated carbocycles. The predicted molar refractivity (Wildman–Crippen MR) is 78.6 cm³/mol. The molecule has 1 amide bonds. The Morgan fingerprint density at radius 1 is 1.32 bits per heavy atom. The fourth-order valence-corrected chi connectivity index (χ4v) is 1.58. The van der Waals surface area contributed by atoms with Crippen molar-refractivity contribution in [2.24, 2.45) is 5.41 Å². The normalized spacial score (nSPS) is 11.2. The van der Waals surface area contributed by atoms with E-state index >= 15 is 0 Å². The summed E-state index contributed by atoms with van der Waals surface area (Å²) >= 11 is 0. The van der Waals surface area contributed by atoms with Crippen LogP contribution in [0.1, 0.15) is 27.2 Å². The molecule has 106 valence electrons. The molecule has 0 heterocycles. The van der Waals surface area contributed by atoms with E-state index in [-0.39, 0.29) is 11.3 Å². The molecule has 1 aromatic rings. The molecular formula is C15H24N2O2. The standard InChI is InChI=1S/C15H24N2O2/c1-5-15(2,3)11-16-10-14(18)17-12-8-6-7-9-13(12)19-4/h6-9,16H,5,10-11H2,1-4H3,(H,17,18). The number of methoxy groups -OCH3 is 1. The number of amides is 1. The topological polar surface area (TPSA) is 50.4 Å². The minimum Gasteiger partial charge on any atom is -0.495 e. The van der Waals surface area contributed by atoms with Crippen LogP contribution in [0.25, 0.3) is 0 Å². The summed E-state index contributed by atoms with van der Waals surface area (Å²) in [6, 6.07) is 7.39. The predicted octanol–water partition coefficient (Wildman–Crippen LogP) is 2.66. The van der Waals surface area contributed by atoms with E-state index in [1.54, 1.807) is 7.11 Å². The minimum atomic E-state index is -0.0589. The average Bonchev–Trinajstić information content (AvgIpc) is 2.39. The molecule has 1 aromatic carbocycles. The first-order valence-electron chi connectivity index (χ1n) is 6.62. The third-order valence-electron chi connectivity index (χ3n) is 3.23. The van der Waals surface area contributed by atoms with Gasteiger partial charge in [-0.1, -0.05) is 32.9 Å². The van der Waals surface area contributed by atoms with E-state index in [9.17, 15) is 4.79 Å². The van der Waals surface area contributed by atoms with Crippen LogP contribution >= 0.6 is 0 Å². The van der Waals surface area contributed by atoms with Gasteiger partial charge in [-0.15, -0.1) is 0 Å². The van der Waals surface area contributed by atoms with Gasteiger partial charge in [0.1, 0.15) is 5.75 Å². The van der Waals surface area contributed by atoms with Crippen LogP contribution in [0.15, 0.2) is 24.3 Å². The van der Waals surface area contributed by atoms with Crippen molar-refractivity contribution in [3.05, 3.63) is 24.3 Å². The average molecular weight is 264 g/mol. The van der Waals surface area contributed by atoms with Gasteiger partial charge in [0.2, 0.25) is 5.91 Å². The zero-order valence-corrected chi connectivity index (χ0v) is 12.2. The first kappa shape index (κ1) is 15.5. The Kier molecular flexibility index (Phi) is 5.83.